The van der Waals surface area contributed by atoms with Crippen LogP contribution in [-0.4, -0.2) is 26.3 Å². The van der Waals surface area contributed by atoms with Gasteiger partial charge in [-0.25, -0.2) is 4.98 Å². The summed E-state index contributed by atoms with van der Waals surface area (Å²) in [5, 5.41) is 8.59. The Labute approximate surface area is 132 Å². The summed E-state index contributed by atoms with van der Waals surface area (Å²) >= 11 is 1.03. The number of rotatable bonds is 5. The van der Waals surface area contributed by atoms with Crippen LogP contribution in [0.1, 0.15) is 29.3 Å². The van der Waals surface area contributed by atoms with Crippen molar-refractivity contribution in [2.24, 2.45) is 0 Å². The smallest absolute Gasteiger partial charge is 0.316 e. The zero-order chi connectivity index (χ0) is 16.3. The number of aromatic amines is 1. The summed E-state index contributed by atoms with van der Waals surface area (Å²) in [7, 11) is 0. The molecule has 6 heteroatoms. The van der Waals surface area contributed by atoms with Crippen LogP contribution in [0.25, 0.3) is 0 Å². The fourth-order valence-electron chi connectivity index (χ4n) is 1.98. The van der Waals surface area contributed by atoms with Crippen LogP contribution in [0.4, 0.5) is 0 Å². The number of carboxylic acids is 1. The van der Waals surface area contributed by atoms with Crippen molar-refractivity contribution in [1.29, 1.82) is 0 Å². The van der Waals surface area contributed by atoms with Crippen LogP contribution >= 0.6 is 11.8 Å². The van der Waals surface area contributed by atoms with E-state index in [9.17, 15) is 9.59 Å². The van der Waals surface area contributed by atoms with Gasteiger partial charge in [0.15, 0.2) is 5.16 Å². The van der Waals surface area contributed by atoms with E-state index in [1.54, 1.807) is 13.8 Å². The van der Waals surface area contributed by atoms with Crippen LogP contribution in [0.15, 0.2) is 34.2 Å². The van der Waals surface area contributed by atoms with Crippen molar-refractivity contribution in [3.8, 4) is 0 Å². The molecule has 2 rings (SSSR count). The molecule has 0 amide bonds. The molecule has 1 heterocycles. The normalized spacial score (nSPS) is 12.1. The van der Waals surface area contributed by atoms with Crippen LogP contribution in [0.2, 0.25) is 0 Å². The van der Waals surface area contributed by atoms with Crippen molar-refractivity contribution in [3.63, 3.8) is 0 Å². The van der Waals surface area contributed by atoms with Gasteiger partial charge in [-0.05, 0) is 26.3 Å². The van der Waals surface area contributed by atoms with Gasteiger partial charge in [0, 0.05) is 17.7 Å². The second-order valence-corrected chi connectivity index (χ2v) is 6.53. The number of carbonyl (C=O) groups is 1. The largest absolute Gasteiger partial charge is 0.480 e. The average molecular weight is 318 g/mol. The molecule has 0 aliphatic carbocycles. The molecule has 0 saturated heterocycles. The van der Waals surface area contributed by atoms with E-state index in [2.05, 4.69) is 9.97 Å². The molecule has 0 aliphatic rings. The molecule has 0 bridgehead atoms. The lowest BCUT2D eigenvalue weighted by atomic mass is 10.0. The Hall–Kier alpha value is -2.08. The molecular weight excluding hydrogens is 300 g/mol. The number of aromatic nitrogens is 2. The lowest BCUT2D eigenvalue weighted by Crippen LogP contribution is -2.19. The number of benzene rings is 1. The Morgan fingerprint density at radius 1 is 1.32 bits per heavy atom. The predicted octanol–water partition coefficient (Wildman–Crippen LogP) is 2.54. The Kier molecular flexibility index (Phi) is 5.03. The molecular formula is C16H18N2O3S. The zero-order valence-electron chi connectivity index (χ0n) is 12.7. The van der Waals surface area contributed by atoms with Crippen molar-refractivity contribution in [1.82, 2.24) is 9.97 Å². The summed E-state index contributed by atoms with van der Waals surface area (Å²) in [5.74, 6) is -0.936. The number of thioether (sulfide) groups is 1. The minimum Gasteiger partial charge on any atom is -0.480 e. The first kappa shape index (κ1) is 16.3. The van der Waals surface area contributed by atoms with Gasteiger partial charge in [0.05, 0.1) is 0 Å². The van der Waals surface area contributed by atoms with E-state index < -0.39 is 11.2 Å². The molecule has 0 fully saturated rings. The van der Waals surface area contributed by atoms with Gasteiger partial charge in [-0.2, -0.15) is 0 Å². The van der Waals surface area contributed by atoms with Gasteiger partial charge in [-0.1, -0.05) is 41.6 Å². The predicted molar refractivity (Wildman–Crippen MR) is 86.5 cm³/mol. The maximum atomic E-state index is 12.2. The molecule has 0 radical (unpaired) electrons. The summed E-state index contributed by atoms with van der Waals surface area (Å²) in [6, 6.07) is 7.99. The highest BCUT2D eigenvalue weighted by molar-refractivity contribution is 8.00. The molecule has 0 saturated carbocycles. The number of carboxylic acid groups (broad SMARTS) is 1. The van der Waals surface area contributed by atoms with Gasteiger partial charge in [-0.3, -0.25) is 9.59 Å². The minimum atomic E-state index is -0.936. The van der Waals surface area contributed by atoms with Crippen molar-refractivity contribution < 1.29 is 9.90 Å². The van der Waals surface area contributed by atoms with Crippen LogP contribution < -0.4 is 5.56 Å². The number of nitrogens with one attached hydrogen (secondary N) is 1. The molecule has 1 atom stereocenters. The van der Waals surface area contributed by atoms with E-state index in [1.165, 1.54) is 5.56 Å². The summed E-state index contributed by atoms with van der Waals surface area (Å²) in [4.78, 5) is 30.1. The Morgan fingerprint density at radius 2 is 1.95 bits per heavy atom. The van der Waals surface area contributed by atoms with Crippen molar-refractivity contribution >= 4 is 17.7 Å². The fourth-order valence-corrected chi connectivity index (χ4v) is 2.75. The Balaban J connectivity index is 2.25. The highest BCUT2D eigenvalue weighted by Gasteiger charge is 2.16. The number of aryl methyl sites for hydroxylation is 2. The van der Waals surface area contributed by atoms with Crippen LogP contribution in [0, 0.1) is 13.8 Å². The van der Waals surface area contributed by atoms with Gasteiger partial charge in [0.2, 0.25) is 0 Å². The van der Waals surface area contributed by atoms with Crippen LogP contribution in [0.3, 0.4) is 0 Å². The SMILES string of the molecule is Cc1ccc(Cc2c(C)nc(SC(C)C(=O)O)[nH]c2=O)cc1. The highest BCUT2D eigenvalue weighted by atomic mass is 32.2. The molecule has 1 aromatic heterocycles. The number of H-pyrrole nitrogens is 1. The van der Waals surface area contributed by atoms with E-state index in [0.29, 0.717) is 22.8 Å². The third-order valence-corrected chi connectivity index (χ3v) is 4.31. The number of hydrogen-bond donors (Lipinski definition) is 2. The summed E-state index contributed by atoms with van der Waals surface area (Å²) in [6.07, 6.45) is 0.508. The van der Waals surface area contributed by atoms with E-state index in [0.717, 1.165) is 17.3 Å². The quantitative estimate of drug-likeness (QED) is 0.654. The topological polar surface area (TPSA) is 83.0 Å². The number of hydrogen-bond acceptors (Lipinski definition) is 4. The van der Waals surface area contributed by atoms with Crippen LogP contribution in [-0.2, 0) is 11.2 Å². The van der Waals surface area contributed by atoms with Gasteiger partial charge in [-0.15, -0.1) is 0 Å². The molecule has 1 aromatic carbocycles. The molecule has 0 aliphatic heterocycles. The first-order chi connectivity index (χ1) is 10.4. The number of nitrogens with zero attached hydrogens (tertiary/aromatic N) is 1. The lowest BCUT2D eigenvalue weighted by molar-refractivity contribution is -0.136. The molecule has 1 unspecified atom stereocenters. The minimum absolute atomic E-state index is 0.215. The molecule has 0 spiro atoms. The maximum absolute atomic E-state index is 12.2. The zero-order valence-corrected chi connectivity index (χ0v) is 13.5. The molecule has 116 valence electrons. The molecule has 5 nitrogen and oxygen atoms in total. The molecule has 2 N–H and O–H groups in total. The maximum Gasteiger partial charge on any atom is 0.316 e. The second kappa shape index (κ2) is 6.79. The monoisotopic (exact) mass is 318 g/mol. The fraction of sp³-hybridized carbons (Fsp3) is 0.312. The third kappa shape index (κ3) is 3.98. The summed E-state index contributed by atoms with van der Waals surface area (Å²) in [6.45, 7) is 5.34. The first-order valence-electron chi connectivity index (χ1n) is 6.91. The van der Waals surface area contributed by atoms with Gasteiger partial charge < -0.3 is 10.1 Å². The Bertz CT molecular complexity index is 738. The van der Waals surface area contributed by atoms with Crippen LogP contribution in [0.5, 0.6) is 0 Å². The van der Waals surface area contributed by atoms with E-state index in [4.69, 9.17) is 5.11 Å². The third-order valence-electron chi connectivity index (χ3n) is 3.34. The van der Waals surface area contributed by atoms with E-state index in [-0.39, 0.29) is 5.56 Å². The highest BCUT2D eigenvalue weighted by Crippen LogP contribution is 2.19. The van der Waals surface area contributed by atoms with Gasteiger partial charge >= 0.3 is 5.97 Å². The van der Waals surface area contributed by atoms with Gasteiger partial charge in [0.25, 0.3) is 5.56 Å². The van der Waals surface area contributed by atoms with Crippen molar-refractivity contribution in [2.75, 3.05) is 0 Å². The van der Waals surface area contributed by atoms with Gasteiger partial charge in [0.1, 0.15) is 5.25 Å². The summed E-state index contributed by atoms with van der Waals surface area (Å²) < 4.78 is 0. The van der Waals surface area contributed by atoms with E-state index in [1.807, 2.05) is 31.2 Å². The molecule has 2 aromatic rings. The first-order valence-corrected chi connectivity index (χ1v) is 7.79. The van der Waals surface area contributed by atoms with Crippen molar-refractivity contribution in [2.45, 2.75) is 37.6 Å². The van der Waals surface area contributed by atoms with E-state index >= 15 is 0 Å². The Morgan fingerprint density at radius 3 is 2.50 bits per heavy atom. The van der Waals surface area contributed by atoms with Crippen molar-refractivity contribution in [3.05, 3.63) is 57.0 Å². The lowest BCUT2D eigenvalue weighted by Gasteiger charge is -2.09. The summed E-state index contributed by atoms with van der Waals surface area (Å²) in [5.41, 5.74) is 3.23. The standard InChI is InChI=1S/C16H18N2O3S/c1-9-4-6-12(7-5-9)8-13-10(2)17-16(18-14(13)19)22-11(3)15(20)21/h4-7,11H,8H2,1-3H3,(H,20,21)(H,17,18,19). The number of aliphatic carboxylic acids is 1. The second-order valence-electron chi connectivity index (χ2n) is 5.20. The molecule has 22 heavy (non-hydrogen) atoms. The average Bonchev–Trinajstić information content (AvgIpc) is 2.44.